The Bertz CT molecular complexity index is 389. The highest BCUT2D eigenvalue weighted by molar-refractivity contribution is 5.94. The summed E-state index contributed by atoms with van der Waals surface area (Å²) in [7, 11) is 0. The van der Waals surface area contributed by atoms with Gasteiger partial charge in [0.2, 0.25) is 0 Å². The van der Waals surface area contributed by atoms with Crippen LogP contribution in [-0.4, -0.2) is 25.0 Å². The van der Waals surface area contributed by atoms with Crippen LogP contribution in [0.4, 0.5) is 4.39 Å². The zero-order valence-corrected chi connectivity index (χ0v) is 9.71. The topological polar surface area (TPSA) is 41.1 Å². The van der Waals surface area contributed by atoms with Crippen molar-refractivity contribution in [2.45, 2.75) is 25.3 Å². The first-order chi connectivity index (χ1) is 8.27. The molecule has 1 atom stereocenters. The minimum Gasteiger partial charge on any atom is -0.352 e. The van der Waals surface area contributed by atoms with Crippen LogP contribution in [0.2, 0.25) is 0 Å². The van der Waals surface area contributed by atoms with Crippen LogP contribution in [0.25, 0.3) is 0 Å². The smallest absolute Gasteiger partial charge is 0.254 e. The van der Waals surface area contributed by atoms with Gasteiger partial charge < -0.3 is 10.6 Å². The summed E-state index contributed by atoms with van der Waals surface area (Å²) in [5.74, 6) is -0.801. The van der Waals surface area contributed by atoms with Gasteiger partial charge in [0.1, 0.15) is 5.82 Å². The van der Waals surface area contributed by atoms with Crippen LogP contribution in [0.5, 0.6) is 0 Å². The van der Waals surface area contributed by atoms with Crippen LogP contribution in [0, 0.1) is 5.82 Å². The first-order valence-corrected chi connectivity index (χ1v) is 6.03. The van der Waals surface area contributed by atoms with E-state index in [9.17, 15) is 9.18 Å². The molecule has 1 aliphatic heterocycles. The molecule has 1 heterocycles. The fourth-order valence-electron chi connectivity index (χ4n) is 2.10. The molecular formula is C13H17FN2O. The van der Waals surface area contributed by atoms with Crippen LogP contribution < -0.4 is 10.6 Å². The van der Waals surface area contributed by atoms with E-state index in [1.165, 1.54) is 18.6 Å². The highest BCUT2D eigenvalue weighted by atomic mass is 19.1. The quantitative estimate of drug-likeness (QED) is 0.835. The predicted octanol–water partition coefficient (Wildman–Crippen LogP) is 1.70. The summed E-state index contributed by atoms with van der Waals surface area (Å²) < 4.78 is 13.3. The SMILES string of the molecule is O=C(NCC[C@H]1CCCN1)c1ccccc1F. The molecule has 1 amide bonds. The van der Waals surface area contributed by atoms with Gasteiger partial charge in [-0.05, 0) is 37.9 Å². The van der Waals surface area contributed by atoms with Crippen LogP contribution in [0.3, 0.4) is 0 Å². The molecule has 0 unspecified atom stereocenters. The predicted molar refractivity (Wildman–Crippen MR) is 64.4 cm³/mol. The number of rotatable bonds is 4. The summed E-state index contributed by atoms with van der Waals surface area (Å²) in [5, 5.41) is 6.10. The molecule has 1 aliphatic rings. The molecule has 1 fully saturated rings. The average molecular weight is 236 g/mol. The molecule has 17 heavy (non-hydrogen) atoms. The zero-order valence-electron chi connectivity index (χ0n) is 9.71. The highest BCUT2D eigenvalue weighted by Gasteiger charge is 2.14. The van der Waals surface area contributed by atoms with E-state index in [0.29, 0.717) is 12.6 Å². The van der Waals surface area contributed by atoms with Crippen molar-refractivity contribution in [3.8, 4) is 0 Å². The normalized spacial score (nSPS) is 19.2. The molecular weight excluding hydrogens is 219 g/mol. The number of amides is 1. The van der Waals surface area contributed by atoms with Crippen molar-refractivity contribution >= 4 is 5.91 Å². The van der Waals surface area contributed by atoms with Crippen molar-refractivity contribution in [1.29, 1.82) is 0 Å². The third-order valence-electron chi connectivity index (χ3n) is 3.06. The largest absolute Gasteiger partial charge is 0.352 e. The molecule has 3 nitrogen and oxygen atoms in total. The second-order valence-corrected chi connectivity index (χ2v) is 4.32. The monoisotopic (exact) mass is 236 g/mol. The Labute approximate surface area is 100 Å². The summed E-state index contributed by atoms with van der Waals surface area (Å²) in [6.07, 6.45) is 3.27. The summed E-state index contributed by atoms with van der Waals surface area (Å²) >= 11 is 0. The van der Waals surface area contributed by atoms with E-state index in [1.54, 1.807) is 12.1 Å². The summed E-state index contributed by atoms with van der Waals surface area (Å²) in [5.41, 5.74) is 0.117. The Kier molecular flexibility index (Phi) is 4.09. The lowest BCUT2D eigenvalue weighted by Gasteiger charge is -2.10. The van der Waals surface area contributed by atoms with Gasteiger partial charge in [0, 0.05) is 12.6 Å². The molecule has 1 aromatic rings. The molecule has 2 N–H and O–H groups in total. The number of hydrogen-bond donors (Lipinski definition) is 2. The standard InChI is InChI=1S/C13H17FN2O/c14-12-6-2-1-5-11(12)13(17)16-9-7-10-4-3-8-15-10/h1-2,5-6,10,15H,3-4,7-9H2,(H,16,17)/t10-/m1/s1. The molecule has 0 bridgehead atoms. The van der Waals surface area contributed by atoms with Gasteiger partial charge in [-0.3, -0.25) is 4.79 Å². The summed E-state index contributed by atoms with van der Waals surface area (Å²) in [6.45, 7) is 1.65. The van der Waals surface area contributed by atoms with Gasteiger partial charge in [-0.25, -0.2) is 4.39 Å². The van der Waals surface area contributed by atoms with E-state index in [2.05, 4.69) is 10.6 Å². The van der Waals surface area contributed by atoms with E-state index in [4.69, 9.17) is 0 Å². The Morgan fingerprint density at radius 2 is 2.29 bits per heavy atom. The molecule has 0 radical (unpaired) electrons. The number of carbonyl (C=O) groups excluding carboxylic acids is 1. The van der Waals surface area contributed by atoms with Crippen LogP contribution in [0.1, 0.15) is 29.6 Å². The molecule has 0 aliphatic carbocycles. The van der Waals surface area contributed by atoms with Crippen LogP contribution >= 0.6 is 0 Å². The minimum atomic E-state index is -0.469. The second-order valence-electron chi connectivity index (χ2n) is 4.32. The van der Waals surface area contributed by atoms with Crippen molar-refractivity contribution in [3.05, 3.63) is 35.6 Å². The minimum absolute atomic E-state index is 0.117. The van der Waals surface area contributed by atoms with E-state index in [-0.39, 0.29) is 11.5 Å². The third kappa shape index (κ3) is 3.27. The van der Waals surface area contributed by atoms with Crippen molar-refractivity contribution < 1.29 is 9.18 Å². The lowest BCUT2D eigenvalue weighted by Crippen LogP contribution is -2.31. The van der Waals surface area contributed by atoms with Gasteiger partial charge in [0.05, 0.1) is 5.56 Å². The second kappa shape index (κ2) is 5.77. The van der Waals surface area contributed by atoms with Gasteiger partial charge in [-0.1, -0.05) is 12.1 Å². The molecule has 1 saturated heterocycles. The van der Waals surface area contributed by atoms with Gasteiger partial charge in [0.25, 0.3) is 5.91 Å². The maximum absolute atomic E-state index is 13.3. The third-order valence-corrected chi connectivity index (χ3v) is 3.06. The number of benzene rings is 1. The molecule has 4 heteroatoms. The van der Waals surface area contributed by atoms with E-state index < -0.39 is 5.82 Å². The highest BCUT2D eigenvalue weighted by Crippen LogP contribution is 2.08. The van der Waals surface area contributed by atoms with E-state index >= 15 is 0 Å². The molecule has 0 saturated carbocycles. The first kappa shape index (κ1) is 12.0. The van der Waals surface area contributed by atoms with Gasteiger partial charge in [-0.15, -0.1) is 0 Å². The number of carbonyl (C=O) groups is 1. The molecule has 0 spiro atoms. The Hall–Kier alpha value is -1.42. The maximum Gasteiger partial charge on any atom is 0.254 e. The Morgan fingerprint density at radius 3 is 3.00 bits per heavy atom. The van der Waals surface area contributed by atoms with Crippen molar-refractivity contribution in [1.82, 2.24) is 10.6 Å². The summed E-state index contributed by atoms with van der Waals surface area (Å²) in [4.78, 5) is 11.7. The average Bonchev–Trinajstić information content (AvgIpc) is 2.82. The molecule has 0 aromatic heterocycles. The molecule has 92 valence electrons. The Morgan fingerprint density at radius 1 is 1.47 bits per heavy atom. The van der Waals surface area contributed by atoms with E-state index in [1.807, 2.05) is 0 Å². The van der Waals surface area contributed by atoms with E-state index in [0.717, 1.165) is 19.4 Å². The van der Waals surface area contributed by atoms with Crippen molar-refractivity contribution in [2.24, 2.45) is 0 Å². The fourth-order valence-corrected chi connectivity index (χ4v) is 2.10. The number of hydrogen-bond acceptors (Lipinski definition) is 2. The van der Waals surface area contributed by atoms with Crippen molar-refractivity contribution in [3.63, 3.8) is 0 Å². The lowest BCUT2D eigenvalue weighted by molar-refractivity contribution is 0.0948. The lowest BCUT2D eigenvalue weighted by atomic mass is 10.1. The first-order valence-electron chi connectivity index (χ1n) is 6.03. The van der Waals surface area contributed by atoms with Crippen molar-refractivity contribution in [2.75, 3.05) is 13.1 Å². The Balaban J connectivity index is 1.79. The summed E-state index contributed by atoms with van der Waals surface area (Å²) in [6, 6.07) is 6.53. The number of nitrogens with one attached hydrogen (secondary N) is 2. The molecule has 1 aromatic carbocycles. The van der Waals surface area contributed by atoms with Gasteiger partial charge >= 0.3 is 0 Å². The van der Waals surface area contributed by atoms with Crippen LogP contribution in [-0.2, 0) is 0 Å². The van der Waals surface area contributed by atoms with Crippen LogP contribution in [0.15, 0.2) is 24.3 Å². The maximum atomic E-state index is 13.3. The molecule has 2 rings (SSSR count). The zero-order chi connectivity index (χ0) is 12.1. The fraction of sp³-hybridized carbons (Fsp3) is 0.462. The number of halogens is 1. The van der Waals surface area contributed by atoms with Gasteiger partial charge in [0.15, 0.2) is 0 Å². The van der Waals surface area contributed by atoms with Gasteiger partial charge in [-0.2, -0.15) is 0 Å².